The van der Waals surface area contributed by atoms with Gasteiger partial charge in [0.1, 0.15) is 17.4 Å². The van der Waals surface area contributed by atoms with Gasteiger partial charge in [0.2, 0.25) is 0 Å². The summed E-state index contributed by atoms with van der Waals surface area (Å²) in [6.45, 7) is 2.04. The molecule has 4 heterocycles. The lowest BCUT2D eigenvalue weighted by Gasteiger charge is -2.14. The molecule has 0 aliphatic rings. The summed E-state index contributed by atoms with van der Waals surface area (Å²) in [5.74, 6) is 0.329. The second-order valence-corrected chi connectivity index (χ2v) is 6.85. The van der Waals surface area contributed by atoms with Crippen LogP contribution in [0.4, 0.5) is 5.82 Å². The van der Waals surface area contributed by atoms with Crippen molar-refractivity contribution in [2.45, 2.75) is 6.92 Å². The van der Waals surface area contributed by atoms with Gasteiger partial charge in [0.25, 0.3) is 0 Å². The number of hydrogen-bond acceptors (Lipinski definition) is 6. The summed E-state index contributed by atoms with van der Waals surface area (Å²) in [6, 6.07) is 9.93. The molecule has 0 spiro atoms. The number of pyridine rings is 2. The Morgan fingerprint density at radius 3 is 2.50 bits per heavy atom. The van der Waals surface area contributed by atoms with Crippen LogP contribution in [0, 0.1) is 6.92 Å². The zero-order chi connectivity index (χ0) is 19.3. The molecule has 0 unspecified atom stereocenters. The van der Waals surface area contributed by atoms with Crippen molar-refractivity contribution in [2.75, 3.05) is 5.73 Å². The van der Waals surface area contributed by atoms with E-state index < -0.39 is 0 Å². The van der Waals surface area contributed by atoms with E-state index in [1.165, 1.54) is 6.33 Å². The molecule has 0 saturated carbocycles. The minimum atomic E-state index is 0.329. The van der Waals surface area contributed by atoms with Gasteiger partial charge in [0.15, 0.2) is 11.5 Å². The van der Waals surface area contributed by atoms with Crippen molar-refractivity contribution < 1.29 is 0 Å². The molecule has 0 atom stereocenters. The summed E-state index contributed by atoms with van der Waals surface area (Å²) in [6.07, 6.45) is 6.56. The van der Waals surface area contributed by atoms with Gasteiger partial charge in [-0.3, -0.25) is 4.98 Å². The normalized spacial score (nSPS) is 11.4. The van der Waals surface area contributed by atoms with Crippen LogP contribution in [-0.4, -0.2) is 29.5 Å². The van der Waals surface area contributed by atoms with Crippen LogP contribution in [0.3, 0.4) is 0 Å². The molecule has 1 aromatic carbocycles. The lowest BCUT2D eigenvalue weighted by Crippen LogP contribution is -2.02. The Balaban J connectivity index is 1.90. The number of nitrogens with zero attached hydrogens (tertiary/aromatic N) is 6. The quantitative estimate of drug-likeness (QED) is 0.493. The zero-order valence-electron chi connectivity index (χ0n) is 14.8. The first kappa shape index (κ1) is 16.6. The third-order valence-electron chi connectivity index (χ3n) is 4.59. The first-order valence-corrected chi connectivity index (χ1v) is 8.96. The lowest BCUT2D eigenvalue weighted by molar-refractivity contribution is 0.963. The van der Waals surface area contributed by atoms with Gasteiger partial charge in [-0.25, -0.2) is 19.5 Å². The summed E-state index contributed by atoms with van der Waals surface area (Å²) in [5, 5.41) is 4.70. The zero-order valence-corrected chi connectivity index (χ0v) is 15.6. The van der Waals surface area contributed by atoms with E-state index in [9.17, 15) is 0 Å². The Morgan fingerprint density at radius 1 is 0.964 bits per heavy atom. The minimum Gasteiger partial charge on any atom is -0.382 e. The summed E-state index contributed by atoms with van der Waals surface area (Å²) in [5.41, 5.74) is 12.4. The van der Waals surface area contributed by atoms with E-state index in [1.54, 1.807) is 16.9 Å². The highest BCUT2D eigenvalue weighted by Crippen LogP contribution is 2.38. The lowest BCUT2D eigenvalue weighted by atomic mass is 9.98. The van der Waals surface area contributed by atoms with Crippen LogP contribution in [0.2, 0.25) is 5.02 Å². The van der Waals surface area contributed by atoms with Crippen LogP contribution in [0.25, 0.3) is 39.1 Å². The molecule has 136 valence electrons. The Kier molecular flexibility index (Phi) is 3.70. The SMILES string of the molecule is Cc1ccc(-c2nc(N)c3nccnc3c2-c2cc(Cl)c3ncnn3c2)cc1. The standard InChI is InChI=1S/C20H14ClN7/c1-11-2-4-12(5-3-11)16-15(17-18(19(22)27-16)24-7-6-23-17)13-8-14(21)20-25-10-26-28(20)9-13/h2-10H,1H3,(H2,22,27). The summed E-state index contributed by atoms with van der Waals surface area (Å²) in [4.78, 5) is 17.8. The van der Waals surface area contributed by atoms with Crippen molar-refractivity contribution >= 4 is 34.1 Å². The predicted molar refractivity (Wildman–Crippen MR) is 109 cm³/mol. The van der Waals surface area contributed by atoms with Crippen molar-refractivity contribution in [1.29, 1.82) is 0 Å². The average Bonchev–Trinajstić information content (AvgIpc) is 3.18. The number of halogens is 1. The largest absolute Gasteiger partial charge is 0.382 e. The van der Waals surface area contributed by atoms with Crippen LogP contribution in [-0.2, 0) is 0 Å². The van der Waals surface area contributed by atoms with Crippen molar-refractivity contribution in [1.82, 2.24) is 29.5 Å². The van der Waals surface area contributed by atoms with E-state index in [1.807, 2.05) is 43.5 Å². The first-order valence-electron chi connectivity index (χ1n) is 8.58. The Bertz CT molecular complexity index is 1340. The molecule has 7 nitrogen and oxygen atoms in total. The molecule has 5 rings (SSSR count). The molecule has 0 fully saturated rings. The monoisotopic (exact) mass is 387 g/mol. The number of nitrogens with two attached hydrogens (primary N) is 1. The molecule has 8 heteroatoms. The molecular weight excluding hydrogens is 374 g/mol. The van der Waals surface area contributed by atoms with Crippen LogP contribution >= 0.6 is 11.6 Å². The second kappa shape index (κ2) is 6.24. The molecule has 0 aliphatic carbocycles. The molecule has 0 aliphatic heterocycles. The van der Waals surface area contributed by atoms with Crippen LogP contribution in [0.15, 0.2) is 55.2 Å². The number of aryl methyl sites for hydroxylation is 1. The molecule has 0 saturated heterocycles. The third-order valence-corrected chi connectivity index (χ3v) is 4.87. The Morgan fingerprint density at radius 2 is 1.71 bits per heavy atom. The van der Waals surface area contributed by atoms with Crippen molar-refractivity contribution in [3.63, 3.8) is 0 Å². The number of fused-ring (bicyclic) bond motifs is 2. The van der Waals surface area contributed by atoms with Crippen LogP contribution < -0.4 is 5.73 Å². The molecule has 0 radical (unpaired) electrons. The number of benzene rings is 1. The molecule has 4 aromatic heterocycles. The minimum absolute atomic E-state index is 0.329. The van der Waals surface area contributed by atoms with E-state index in [0.717, 1.165) is 22.3 Å². The van der Waals surface area contributed by atoms with Gasteiger partial charge in [-0.05, 0) is 13.0 Å². The molecule has 0 amide bonds. The summed E-state index contributed by atoms with van der Waals surface area (Å²) in [7, 11) is 0. The van der Waals surface area contributed by atoms with Crippen molar-refractivity contribution in [3.8, 4) is 22.4 Å². The molecule has 2 N–H and O–H groups in total. The maximum atomic E-state index is 6.45. The molecular formula is C20H14ClN7. The van der Waals surface area contributed by atoms with Gasteiger partial charge < -0.3 is 5.73 Å². The number of aromatic nitrogens is 6. The van der Waals surface area contributed by atoms with E-state index in [0.29, 0.717) is 33.2 Å². The summed E-state index contributed by atoms with van der Waals surface area (Å²) < 4.78 is 1.63. The Labute approximate surface area is 164 Å². The van der Waals surface area contributed by atoms with Gasteiger partial charge in [0, 0.05) is 35.3 Å². The number of hydrogen-bond donors (Lipinski definition) is 1. The van der Waals surface area contributed by atoms with Crippen molar-refractivity contribution in [3.05, 3.63) is 65.8 Å². The highest BCUT2D eigenvalue weighted by Gasteiger charge is 2.19. The van der Waals surface area contributed by atoms with Crippen molar-refractivity contribution in [2.24, 2.45) is 0 Å². The van der Waals surface area contributed by atoms with Crippen LogP contribution in [0.1, 0.15) is 5.56 Å². The summed E-state index contributed by atoms with van der Waals surface area (Å²) >= 11 is 6.45. The predicted octanol–water partition coefficient (Wildman–Crippen LogP) is 3.95. The highest BCUT2D eigenvalue weighted by molar-refractivity contribution is 6.33. The van der Waals surface area contributed by atoms with E-state index in [4.69, 9.17) is 17.3 Å². The fraction of sp³-hybridized carbons (Fsp3) is 0.0500. The maximum Gasteiger partial charge on any atom is 0.173 e. The maximum absolute atomic E-state index is 6.45. The van der Waals surface area contributed by atoms with Gasteiger partial charge >= 0.3 is 0 Å². The first-order chi connectivity index (χ1) is 13.6. The van der Waals surface area contributed by atoms with Gasteiger partial charge in [-0.2, -0.15) is 5.10 Å². The van der Waals surface area contributed by atoms with E-state index in [-0.39, 0.29) is 0 Å². The average molecular weight is 388 g/mol. The number of nitrogen functional groups attached to an aromatic ring is 1. The fourth-order valence-electron chi connectivity index (χ4n) is 3.27. The second-order valence-electron chi connectivity index (χ2n) is 6.45. The van der Waals surface area contributed by atoms with Gasteiger partial charge in [-0.15, -0.1) is 0 Å². The third kappa shape index (κ3) is 2.56. The fourth-order valence-corrected chi connectivity index (χ4v) is 3.52. The van der Waals surface area contributed by atoms with E-state index >= 15 is 0 Å². The van der Waals surface area contributed by atoms with E-state index in [2.05, 4.69) is 25.0 Å². The highest BCUT2D eigenvalue weighted by atomic mass is 35.5. The smallest absolute Gasteiger partial charge is 0.173 e. The Hall–Kier alpha value is -3.58. The molecule has 28 heavy (non-hydrogen) atoms. The number of rotatable bonds is 2. The number of anilines is 1. The topological polar surface area (TPSA) is 94.9 Å². The van der Waals surface area contributed by atoms with Crippen LogP contribution in [0.5, 0.6) is 0 Å². The molecule has 5 aromatic rings. The molecule has 0 bridgehead atoms. The van der Waals surface area contributed by atoms with Gasteiger partial charge in [0.05, 0.1) is 10.7 Å². The van der Waals surface area contributed by atoms with Gasteiger partial charge in [-0.1, -0.05) is 41.4 Å².